The molecule has 116 valence electrons. The zero-order chi connectivity index (χ0) is 15.4. The molecule has 6 heteroatoms. The van der Waals surface area contributed by atoms with Crippen LogP contribution in [0, 0.1) is 6.92 Å². The van der Waals surface area contributed by atoms with Gasteiger partial charge in [0.25, 0.3) is 0 Å². The second kappa shape index (κ2) is 6.89. The van der Waals surface area contributed by atoms with Crippen LogP contribution >= 0.6 is 11.3 Å². The van der Waals surface area contributed by atoms with Gasteiger partial charge in [0.05, 0.1) is 11.9 Å². The van der Waals surface area contributed by atoms with Gasteiger partial charge in [0, 0.05) is 37.2 Å². The SMILES string of the molecule is Cc1csc(NN=Cc2ccc(N3CCN(C)CC3)cc2)n1. The lowest BCUT2D eigenvalue weighted by Crippen LogP contribution is -2.44. The lowest BCUT2D eigenvalue weighted by molar-refractivity contribution is 0.313. The summed E-state index contributed by atoms with van der Waals surface area (Å²) < 4.78 is 0. The topological polar surface area (TPSA) is 43.8 Å². The molecule has 0 spiro atoms. The first-order valence-corrected chi connectivity index (χ1v) is 8.33. The molecule has 22 heavy (non-hydrogen) atoms. The fourth-order valence-electron chi connectivity index (χ4n) is 2.40. The van der Waals surface area contributed by atoms with E-state index in [0.717, 1.165) is 42.6 Å². The number of anilines is 2. The minimum absolute atomic E-state index is 0.822. The third-order valence-electron chi connectivity index (χ3n) is 3.75. The summed E-state index contributed by atoms with van der Waals surface area (Å²) in [5, 5.41) is 7.05. The Bertz CT molecular complexity index is 626. The summed E-state index contributed by atoms with van der Waals surface area (Å²) in [5.41, 5.74) is 6.34. The number of thiazole rings is 1. The van der Waals surface area contributed by atoms with E-state index in [0.29, 0.717) is 0 Å². The highest BCUT2D eigenvalue weighted by Gasteiger charge is 2.13. The highest BCUT2D eigenvalue weighted by molar-refractivity contribution is 7.13. The molecule has 0 radical (unpaired) electrons. The summed E-state index contributed by atoms with van der Waals surface area (Å²) in [7, 11) is 2.17. The number of benzene rings is 1. The minimum Gasteiger partial charge on any atom is -0.369 e. The number of hydrazone groups is 1. The molecule has 1 aliphatic heterocycles. The largest absolute Gasteiger partial charge is 0.369 e. The number of aryl methyl sites for hydroxylation is 1. The molecule has 3 rings (SSSR count). The molecule has 1 aromatic heterocycles. The number of rotatable bonds is 4. The molecular weight excluding hydrogens is 294 g/mol. The molecule has 0 atom stereocenters. The van der Waals surface area contributed by atoms with Crippen molar-refractivity contribution < 1.29 is 0 Å². The number of piperazine rings is 1. The Hall–Kier alpha value is -1.92. The Labute approximate surface area is 135 Å². The maximum absolute atomic E-state index is 4.31. The quantitative estimate of drug-likeness (QED) is 0.696. The number of hydrogen-bond donors (Lipinski definition) is 1. The predicted octanol–water partition coefficient (Wildman–Crippen LogP) is 2.65. The molecule has 2 aromatic rings. The van der Waals surface area contributed by atoms with Crippen molar-refractivity contribution in [3.63, 3.8) is 0 Å². The summed E-state index contributed by atoms with van der Waals surface area (Å²) in [6.45, 7) is 6.41. The van der Waals surface area contributed by atoms with Gasteiger partial charge in [-0.15, -0.1) is 11.3 Å². The van der Waals surface area contributed by atoms with E-state index in [1.807, 2.05) is 18.5 Å². The number of hydrogen-bond acceptors (Lipinski definition) is 6. The molecule has 0 aliphatic carbocycles. The lowest BCUT2D eigenvalue weighted by Gasteiger charge is -2.34. The maximum Gasteiger partial charge on any atom is 0.203 e. The van der Waals surface area contributed by atoms with Crippen LogP contribution < -0.4 is 10.3 Å². The number of nitrogens with zero attached hydrogens (tertiary/aromatic N) is 4. The van der Waals surface area contributed by atoms with Crippen LogP contribution in [0.15, 0.2) is 34.7 Å². The summed E-state index contributed by atoms with van der Waals surface area (Å²) in [5.74, 6) is 0. The first-order chi connectivity index (χ1) is 10.7. The van der Waals surface area contributed by atoms with Gasteiger partial charge in [-0.2, -0.15) is 5.10 Å². The normalized spacial score (nSPS) is 16.4. The molecule has 5 nitrogen and oxygen atoms in total. The molecule has 1 aliphatic rings. The summed E-state index contributed by atoms with van der Waals surface area (Å²) in [6, 6.07) is 8.54. The fourth-order valence-corrected chi connectivity index (χ4v) is 3.04. The van der Waals surface area contributed by atoms with E-state index in [-0.39, 0.29) is 0 Å². The van der Waals surface area contributed by atoms with Crippen molar-refractivity contribution in [3.8, 4) is 0 Å². The first kappa shape index (κ1) is 15.0. The first-order valence-electron chi connectivity index (χ1n) is 7.45. The molecule has 1 fully saturated rings. The van der Waals surface area contributed by atoms with Gasteiger partial charge in [-0.1, -0.05) is 12.1 Å². The van der Waals surface area contributed by atoms with E-state index in [4.69, 9.17) is 0 Å². The second-order valence-electron chi connectivity index (χ2n) is 5.55. The zero-order valence-electron chi connectivity index (χ0n) is 13.0. The van der Waals surface area contributed by atoms with Crippen LogP contribution in [0.4, 0.5) is 10.8 Å². The average Bonchev–Trinajstić information content (AvgIpc) is 2.94. The van der Waals surface area contributed by atoms with E-state index < -0.39 is 0 Å². The van der Waals surface area contributed by atoms with Crippen molar-refractivity contribution in [2.45, 2.75) is 6.92 Å². The number of likely N-dealkylation sites (N-methyl/N-ethyl adjacent to an activating group) is 1. The van der Waals surface area contributed by atoms with Crippen molar-refractivity contribution in [3.05, 3.63) is 40.9 Å². The van der Waals surface area contributed by atoms with Gasteiger partial charge in [0.1, 0.15) is 0 Å². The Morgan fingerprint density at radius 3 is 2.55 bits per heavy atom. The lowest BCUT2D eigenvalue weighted by atomic mass is 10.2. The molecule has 0 amide bonds. The molecule has 2 heterocycles. The Balaban J connectivity index is 1.57. The van der Waals surface area contributed by atoms with Gasteiger partial charge in [0.15, 0.2) is 0 Å². The number of aromatic nitrogens is 1. The van der Waals surface area contributed by atoms with Crippen molar-refractivity contribution in [2.75, 3.05) is 43.6 Å². The second-order valence-corrected chi connectivity index (χ2v) is 6.40. The van der Waals surface area contributed by atoms with Crippen LogP contribution in [0.2, 0.25) is 0 Å². The fraction of sp³-hybridized carbons (Fsp3) is 0.375. The van der Waals surface area contributed by atoms with Crippen molar-refractivity contribution >= 4 is 28.4 Å². The van der Waals surface area contributed by atoms with Gasteiger partial charge in [0.2, 0.25) is 5.13 Å². The summed E-state index contributed by atoms with van der Waals surface area (Å²) in [6.07, 6.45) is 1.82. The molecule has 1 N–H and O–H groups in total. The summed E-state index contributed by atoms with van der Waals surface area (Å²) in [4.78, 5) is 9.10. The predicted molar refractivity (Wildman–Crippen MR) is 94.2 cm³/mol. The number of nitrogens with one attached hydrogen (secondary N) is 1. The van der Waals surface area contributed by atoms with Crippen LogP contribution in [0.25, 0.3) is 0 Å². The van der Waals surface area contributed by atoms with Crippen molar-refractivity contribution in [1.82, 2.24) is 9.88 Å². The molecule has 0 unspecified atom stereocenters. The van der Waals surface area contributed by atoms with Gasteiger partial charge in [-0.05, 0) is 31.7 Å². The smallest absolute Gasteiger partial charge is 0.203 e. The van der Waals surface area contributed by atoms with Gasteiger partial charge < -0.3 is 9.80 Å². The van der Waals surface area contributed by atoms with Crippen LogP contribution in [-0.2, 0) is 0 Å². The zero-order valence-corrected chi connectivity index (χ0v) is 13.8. The third kappa shape index (κ3) is 3.84. The van der Waals surface area contributed by atoms with E-state index >= 15 is 0 Å². The maximum atomic E-state index is 4.31. The van der Waals surface area contributed by atoms with Gasteiger partial charge in [-0.3, -0.25) is 5.43 Å². The monoisotopic (exact) mass is 315 g/mol. The van der Waals surface area contributed by atoms with Crippen molar-refractivity contribution in [2.24, 2.45) is 5.10 Å². The third-order valence-corrected chi connectivity index (χ3v) is 4.62. The minimum atomic E-state index is 0.822. The molecular formula is C16H21N5S. The van der Waals surface area contributed by atoms with E-state index in [1.54, 1.807) is 11.3 Å². The van der Waals surface area contributed by atoms with Gasteiger partial charge >= 0.3 is 0 Å². The molecule has 1 saturated heterocycles. The van der Waals surface area contributed by atoms with E-state index in [2.05, 4.69) is 56.6 Å². The molecule has 0 saturated carbocycles. The molecule has 1 aromatic carbocycles. The van der Waals surface area contributed by atoms with Crippen LogP contribution in [-0.4, -0.2) is 49.3 Å². The average molecular weight is 315 g/mol. The Morgan fingerprint density at radius 2 is 1.91 bits per heavy atom. The van der Waals surface area contributed by atoms with Crippen LogP contribution in [0.5, 0.6) is 0 Å². The highest BCUT2D eigenvalue weighted by atomic mass is 32.1. The van der Waals surface area contributed by atoms with Crippen LogP contribution in [0.3, 0.4) is 0 Å². The molecule has 0 bridgehead atoms. The highest BCUT2D eigenvalue weighted by Crippen LogP contribution is 2.17. The van der Waals surface area contributed by atoms with Crippen molar-refractivity contribution in [1.29, 1.82) is 0 Å². The summed E-state index contributed by atoms with van der Waals surface area (Å²) >= 11 is 1.56. The van der Waals surface area contributed by atoms with Crippen LogP contribution in [0.1, 0.15) is 11.3 Å². The van der Waals surface area contributed by atoms with E-state index in [1.165, 1.54) is 5.69 Å². The Kier molecular flexibility index (Phi) is 4.70. The van der Waals surface area contributed by atoms with Gasteiger partial charge in [-0.25, -0.2) is 4.98 Å². The van der Waals surface area contributed by atoms with E-state index in [9.17, 15) is 0 Å². The Morgan fingerprint density at radius 1 is 1.18 bits per heavy atom. The standard InChI is InChI=1S/C16H21N5S/c1-13-12-22-16(18-13)19-17-11-14-3-5-15(6-4-14)21-9-7-20(2)8-10-21/h3-6,11-12H,7-10H2,1-2H3,(H,18,19).